The van der Waals surface area contributed by atoms with Gasteiger partial charge in [0.25, 0.3) is 0 Å². The fourth-order valence-electron chi connectivity index (χ4n) is 2.03. The molecule has 3 heteroatoms. The first-order chi connectivity index (χ1) is 6.77. The minimum Gasteiger partial charge on any atom is -0.385 e. The molecule has 3 nitrogen and oxygen atoms in total. The van der Waals surface area contributed by atoms with Gasteiger partial charge in [-0.3, -0.25) is 4.79 Å². The summed E-state index contributed by atoms with van der Waals surface area (Å²) in [4.78, 5) is 11.6. The monoisotopic (exact) mass is 198 g/mol. The molecule has 1 unspecified atom stereocenters. The van der Waals surface area contributed by atoms with Crippen LogP contribution in [0.15, 0.2) is 0 Å². The van der Waals surface area contributed by atoms with Crippen molar-refractivity contribution in [3.63, 3.8) is 0 Å². The summed E-state index contributed by atoms with van der Waals surface area (Å²) in [5.74, 6) is 0.784. The van der Waals surface area contributed by atoms with E-state index in [2.05, 4.69) is 0 Å². The summed E-state index contributed by atoms with van der Waals surface area (Å²) in [6, 6.07) is 0. The van der Waals surface area contributed by atoms with Crippen LogP contribution in [0.5, 0.6) is 0 Å². The zero-order valence-electron chi connectivity index (χ0n) is 8.45. The first-order valence-corrected chi connectivity index (χ1v) is 5.56. The van der Waals surface area contributed by atoms with Gasteiger partial charge in [0, 0.05) is 19.6 Å². The van der Waals surface area contributed by atoms with Crippen LogP contribution in [-0.2, 0) is 9.53 Å². The quantitative estimate of drug-likeness (QED) is 0.737. The molecule has 1 heterocycles. The highest BCUT2D eigenvalue weighted by atomic mass is 16.5. The number of ether oxygens (including phenoxy) is 1. The Morgan fingerprint density at radius 3 is 2.50 bits per heavy atom. The van der Waals surface area contributed by atoms with E-state index < -0.39 is 6.10 Å². The highest BCUT2D eigenvalue weighted by molar-refractivity contribution is 5.83. The molecule has 0 radical (unpaired) electrons. The number of carbonyl (C=O) groups excluding carboxylic acids is 1. The van der Waals surface area contributed by atoms with Gasteiger partial charge in [0.1, 0.15) is 6.10 Å². The number of hydrogen-bond donors (Lipinski definition) is 1. The highest BCUT2D eigenvalue weighted by Crippen LogP contribution is 2.34. The van der Waals surface area contributed by atoms with E-state index in [1.807, 2.05) is 0 Å². The van der Waals surface area contributed by atoms with Crippen molar-refractivity contribution in [2.24, 2.45) is 11.8 Å². The Balaban J connectivity index is 1.74. The fourth-order valence-corrected chi connectivity index (χ4v) is 2.03. The summed E-state index contributed by atoms with van der Waals surface area (Å²) in [6.07, 6.45) is 3.90. The lowest BCUT2D eigenvalue weighted by atomic mass is 9.92. The zero-order valence-corrected chi connectivity index (χ0v) is 8.45. The summed E-state index contributed by atoms with van der Waals surface area (Å²) in [5, 5.41) is 9.61. The highest BCUT2D eigenvalue weighted by Gasteiger charge is 2.35. The molecule has 2 rings (SSSR count). The Kier molecular flexibility index (Phi) is 3.19. The summed E-state index contributed by atoms with van der Waals surface area (Å²) in [6.45, 7) is 1.55. The molecule has 1 saturated carbocycles. The molecule has 14 heavy (non-hydrogen) atoms. The third kappa shape index (κ3) is 2.55. The number of aliphatic hydroxyl groups is 1. The van der Waals surface area contributed by atoms with Crippen LogP contribution in [0, 0.1) is 11.8 Å². The fraction of sp³-hybridized carbons (Fsp3) is 0.909. The van der Waals surface area contributed by atoms with Crippen molar-refractivity contribution in [3.8, 4) is 0 Å². The third-order valence-electron chi connectivity index (χ3n) is 3.23. The molecule has 1 aliphatic heterocycles. The second kappa shape index (κ2) is 4.41. The van der Waals surface area contributed by atoms with Crippen LogP contribution < -0.4 is 0 Å². The zero-order chi connectivity index (χ0) is 9.97. The molecule has 80 valence electrons. The maximum absolute atomic E-state index is 11.6. The minimum atomic E-state index is -0.669. The Morgan fingerprint density at radius 1 is 1.29 bits per heavy atom. The van der Waals surface area contributed by atoms with Crippen molar-refractivity contribution in [2.75, 3.05) is 13.2 Å². The van der Waals surface area contributed by atoms with Crippen LogP contribution in [0.25, 0.3) is 0 Å². The van der Waals surface area contributed by atoms with Crippen molar-refractivity contribution in [1.82, 2.24) is 0 Å². The molecule has 0 spiro atoms. The van der Waals surface area contributed by atoms with E-state index in [1.165, 1.54) is 0 Å². The molecule has 2 aliphatic rings. The van der Waals surface area contributed by atoms with Gasteiger partial charge in [-0.05, 0) is 37.5 Å². The molecular formula is C11H18O3. The van der Waals surface area contributed by atoms with Crippen LogP contribution in [0.2, 0.25) is 0 Å². The molecule has 1 N–H and O–H groups in total. The Morgan fingerprint density at radius 2 is 1.93 bits per heavy atom. The minimum absolute atomic E-state index is 0.0550. The molecule has 0 aromatic heterocycles. The van der Waals surface area contributed by atoms with Gasteiger partial charge < -0.3 is 9.84 Å². The predicted molar refractivity (Wildman–Crippen MR) is 51.9 cm³/mol. The van der Waals surface area contributed by atoms with Crippen molar-refractivity contribution >= 4 is 5.78 Å². The number of hydrogen-bond acceptors (Lipinski definition) is 3. The van der Waals surface area contributed by atoms with E-state index in [-0.39, 0.29) is 11.7 Å². The maximum atomic E-state index is 11.6. The molecule has 0 bridgehead atoms. The third-order valence-corrected chi connectivity index (χ3v) is 3.23. The Labute approximate surface area is 84.4 Å². The second-order valence-electron chi connectivity index (χ2n) is 4.51. The van der Waals surface area contributed by atoms with Gasteiger partial charge in [-0.2, -0.15) is 0 Å². The Hall–Kier alpha value is -0.410. The first-order valence-electron chi connectivity index (χ1n) is 5.56. The molecule has 0 aromatic rings. The predicted octanol–water partition coefficient (Wildman–Crippen LogP) is 1.14. The topological polar surface area (TPSA) is 46.5 Å². The van der Waals surface area contributed by atoms with Gasteiger partial charge in [0.2, 0.25) is 0 Å². The van der Waals surface area contributed by atoms with Crippen LogP contribution in [0.1, 0.15) is 32.1 Å². The number of aliphatic hydroxyl groups excluding tert-OH is 1. The summed E-state index contributed by atoms with van der Waals surface area (Å²) < 4.78 is 5.23. The molecule has 0 aromatic carbocycles. The number of rotatable bonds is 4. The van der Waals surface area contributed by atoms with Gasteiger partial charge in [-0.25, -0.2) is 0 Å². The lowest BCUT2D eigenvalue weighted by Crippen LogP contribution is -2.27. The largest absolute Gasteiger partial charge is 0.385 e. The van der Waals surface area contributed by atoms with Crippen molar-refractivity contribution in [3.05, 3.63) is 0 Å². The van der Waals surface area contributed by atoms with Gasteiger partial charge in [-0.15, -0.1) is 0 Å². The summed E-state index contributed by atoms with van der Waals surface area (Å²) in [7, 11) is 0. The van der Waals surface area contributed by atoms with E-state index in [1.54, 1.807) is 0 Å². The summed E-state index contributed by atoms with van der Waals surface area (Å²) >= 11 is 0. The lowest BCUT2D eigenvalue weighted by molar-refractivity contribution is -0.129. The van der Waals surface area contributed by atoms with Crippen LogP contribution in [0.4, 0.5) is 0 Å². The van der Waals surface area contributed by atoms with Crippen molar-refractivity contribution in [2.45, 2.75) is 38.2 Å². The van der Waals surface area contributed by atoms with Crippen LogP contribution in [0.3, 0.4) is 0 Å². The average Bonchev–Trinajstić information content (AvgIpc) is 3.01. The molecule has 1 aliphatic carbocycles. The molecule has 0 amide bonds. The van der Waals surface area contributed by atoms with Crippen LogP contribution >= 0.6 is 0 Å². The molecule has 2 fully saturated rings. The summed E-state index contributed by atoms with van der Waals surface area (Å²) in [5.41, 5.74) is 0. The molecular weight excluding hydrogens is 180 g/mol. The van der Waals surface area contributed by atoms with Crippen LogP contribution in [-0.4, -0.2) is 30.2 Å². The lowest BCUT2D eigenvalue weighted by Gasteiger charge is -2.22. The van der Waals surface area contributed by atoms with Gasteiger partial charge in [0.05, 0.1) is 0 Å². The standard InChI is InChI=1S/C11H18O3/c12-10(11(13)9-1-2-9)7-8-3-5-14-6-4-8/h8-9,11,13H,1-7H2. The maximum Gasteiger partial charge on any atom is 0.161 e. The van der Waals surface area contributed by atoms with Gasteiger partial charge >= 0.3 is 0 Å². The van der Waals surface area contributed by atoms with Gasteiger partial charge in [-0.1, -0.05) is 0 Å². The van der Waals surface area contributed by atoms with E-state index in [0.717, 1.165) is 38.9 Å². The SMILES string of the molecule is O=C(CC1CCOCC1)C(O)C1CC1. The average molecular weight is 198 g/mol. The van der Waals surface area contributed by atoms with Gasteiger partial charge in [0.15, 0.2) is 5.78 Å². The van der Waals surface area contributed by atoms with Crippen molar-refractivity contribution in [1.29, 1.82) is 0 Å². The van der Waals surface area contributed by atoms with E-state index >= 15 is 0 Å². The number of Topliss-reactive ketones (excluding diaryl/α,β-unsaturated/α-hetero) is 1. The molecule has 1 saturated heterocycles. The number of carbonyl (C=O) groups is 1. The van der Waals surface area contributed by atoms with E-state index in [4.69, 9.17) is 4.74 Å². The second-order valence-corrected chi connectivity index (χ2v) is 4.51. The first kappa shape index (κ1) is 10.1. The Bertz CT molecular complexity index is 205. The van der Waals surface area contributed by atoms with Crippen molar-refractivity contribution < 1.29 is 14.6 Å². The van der Waals surface area contributed by atoms with E-state index in [0.29, 0.717) is 12.3 Å². The number of ketones is 1. The normalized spacial score (nSPS) is 26.1. The van der Waals surface area contributed by atoms with E-state index in [9.17, 15) is 9.90 Å². The smallest absolute Gasteiger partial charge is 0.161 e. The molecule has 1 atom stereocenters.